The Morgan fingerprint density at radius 3 is 2.36 bits per heavy atom. The first-order chi connectivity index (χ1) is 10.3. The van der Waals surface area contributed by atoms with Gasteiger partial charge in [0.1, 0.15) is 5.75 Å². The summed E-state index contributed by atoms with van der Waals surface area (Å²) in [5.74, 6) is 0.0570. The lowest BCUT2D eigenvalue weighted by molar-refractivity contribution is 0.280. The van der Waals surface area contributed by atoms with Crippen LogP contribution in [0.2, 0.25) is 0 Å². The first kappa shape index (κ1) is 16.2. The van der Waals surface area contributed by atoms with Crippen LogP contribution in [0.25, 0.3) is 0 Å². The fourth-order valence-corrected chi connectivity index (χ4v) is 2.11. The van der Waals surface area contributed by atoms with Gasteiger partial charge in [-0.25, -0.2) is 0 Å². The molecule has 2 aromatic rings. The number of aliphatic imine (C=N–C) groups is 1. The van der Waals surface area contributed by atoms with Gasteiger partial charge in [-0.1, -0.05) is 32.9 Å². The Bertz CT molecular complexity index is 683. The second-order valence-corrected chi connectivity index (χ2v) is 6.34. The third-order valence-corrected chi connectivity index (χ3v) is 3.60. The number of aromatic nitrogens is 1. The highest BCUT2D eigenvalue weighted by Gasteiger charge is 2.13. The number of aryl methyl sites for hydroxylation is 1. The van der Waals surface area contributed by atoms with Crippen LogP contribution in [-0.2, 0) is 12.0 Å². The summed E-state index contributed by atoms with van der Waals surface area (Å²) < 4.78 is 0. The number of pyridine rings is 1. The lowest BCUT2D eigenvalue weighted by Gasteiger charge is -2.18. The van der Waals surface area contributed by atoms with Crippen molar-refractivity contribution < 1.29 is 10.2 Å². The number of hydrogen-bond donors (Lipinski definition) is 2. The van der Waals surface area contributed by atoms with Gasteiger partial charge in [0.15, 0.2) is 0 Å². The van der Waals surface area contributed by atoms with Gasteiger partial charge < -0.3 is 10.2 Å². The van der Waals surface area contributed by atoms with Crippen molar-refractivity contribution in [2.75, 3.05) is 0 Å². The lowest BCUT2D eigenvalue weighted by atomic mass is 9.87. The molecule has 0 bridgehead atoms. The average molecular weight is 298 g/mol. The van der Waals surface area contributed by atoms with E-state index in [1.807, 2.05) is 12.1 Å². The Hall–Kier alpha value is -2.20. The van der Waals surface area contributed by atoms with E-state index in [0.29, 0.717) is 16.8 Å². The van der Waals surface area contributed by atoms with Crippen LogP contribution in [0, 0.1) is 6.92 Å². The normalized spacial score (nSPS) is 12.0. The summed E-state index contributed by atoms with van der Waals surface area (Å²) in [6, 6.07) is 8.00. The zero-order valence-corrected chi connectivity index (χ0v) is 13.5. The van der Waals surface area contributed by atoms with Gasteiger partial charge in [-0.15, -0.1) is 0 Å². The molecule has 0 saturated carbocycles. The van der Waals surface area contributed by atoms with Gasteiger partial charge in [-0.3, -0.25) is 9.98 Å². The van der Waals surface area contributed by atoms with Gasteiger partial charge in [0.2, 0.25) is 0 Å². The molecule has 1 aromatic heterocycles. The first-order valence-electron chi connectivity index (χ1n) is 7.26. The molecule has 0 radical (unpaired) electrons. The number of rotatable bonds is 3. The van der Waals surface area contributed by atoms with E-state index < -0.39 is 0 Å². The van der Waals surface area contributed by atoms with E-state index in [1.54, 1.807) is 19.3 Å². The standard InChI is InChI=1S/C18H22N2O2/c1-12-17(22)16(13(11-21)9-19-12)10-20-15-7-5-14(6-8-15)18(2,3)4/h5-10,21-22H,11H2,1-4H3. The Morgan fingerprint density at radius 1 is 1.18 bits per heavy atom. The average Bonchev–Trinajstić information content (AvgIpc) is 2.48. The zero-order valence-electron chi connectivity index (χ0n) is 13.5. The molecular formula is C18H22N2O2. The quantitative estimate of drug-likeness (QED) is 0.850. The highest BCUT2D eigenvalue weighted by molar-refractivity contribution is 5.87. The number of benzene rings is 1. The fourth-order valence-electron chi connectivity index (χ4n) is 2.11. The SMILES string of the molecule is Cc1ncc(CO)c(C=Nc2ccc(C(C)(C)C)cc2)c1O. The Morgan fingerprint density at radius 2 is 1.82 bits per heavy atom. The molecule has 1 heterocycles. The minimum absolute atomic E-state index is 0.0570. The maximum atomic E-state index is 10.1. The molecule has 0 atom stereocenters. The van der Waals surface area contributed by atoms with Gasteiger partial charge in [0, 0.05) is 23.5 Å². The van der Waals surface area contributed by atoms with Crippen molar-refractivity contribution in [3.8, 4) is 5.75 Å². The van der Waals surface area contributed by atoms with E-state index in [-0.39, 0.29) is 17.8 Å². The predicted molar refractivity (Wildman–Crippen MR) is 89.0 cm³/mol. The molecule has 4 heteroatoms. The summed E-state index contributed by atoms with van der Waals surface area (Å²) in [4.78, 5) is 8.42. The Labute approximate surface area is 131 Å². The molecule has 4 nitrogen and oxygen atoms in total. The molecule has 2 rings (SSSR count). The summed E-state index contributed by atoms with van der Waals surface area (Å²) in [5, 5.41) is 19.4. The van der Waals surface area contributed by atoms with Crippen LogP contribution in [0.4, 0.5) is 5.69 Å². The molecule has 0 aliphatic heterocycles. The molecule has 0 aliphatic rings. The number of aliphatic hydroxyl groups excluding tert-OH is 1. The number of nitrogens with zero attached hydrogens (tertiary/aromatic N) is 2. The Balaban J connectivity index is 2.31. The van der Waals surface area contributed by atoms with Gasteiger partial charge in [-0.05, 0) is 30.0 Å². The van der Waals surface area contributed by atoms with Crippen molar-refractivity contribution in [1.29, 1.82) is 0 Å². The maximum Gasteiger partial charge on any atom is 0.145 e. The Kier molecular flexibility index (Phi) is 4.62. The highest BCUT2D eigenvalue weighted by atomic mass is 16.3. The van der Waals surface area contributed by atoms with E-state index in [0.717, 1.165) is 5.69 Å². The van der Waals surface area contributed by atoms with E-state index >= 15 is 0 Å². The molecule has 0 saturated heterocycles. The van der Waals surface area contributed by atoms with E-state index in [4.69, 9.17) is 0 Å². The second kappa shape index (κ2) is 6.28. The van der Waals surface area contributed by atoms with Crippen molar-refractivity contribution in [3.63, 3.8) is 0 Å². The summed E-state index contributed by atoms with van der Waals surface area (Å²) in [6.07, 6.45) is 3.13. The maximum absolute atomic E-state index is 10.1. The summed E-state index contributed by atoms with van der Waals surface area (Å²) in [5.41, 5.74) is 3.72. The van der Waals surface area contributed by atoms with Crippen molar-refractivity contribution in [1.82, 2.24) is 4.98 Å². The molecular weight excluding hydrogens is 276 g/mol. The molecule has 22 heavy (non-hydrogen) atoms. The predicted octanol–water partition coefficient (Wildman–Crippen LogP) is 3.64. The molecule has 2 N–H and O–H groups in total. The molecule has 116 valence electrons. The minimum atomic E-state index is -0.189. The van der Waals surface area contributed by atoms with Crippen LogP contribution in [0.3, 0.4) is 0 Å². The van der Waals surface area contributed by atoms with Crippen LogP contribution in [0.15, 0.2) is 35.5 Å². The van der Waals surface area contributed by atoms with Crippen molar-refractivity contribution in [3.05, 3.63) is 52.8 Å². The van der Waals surface area contributed by atoms with E-state index in [1.165, 1.54) is 5.56 Å². The fraction of sp³-hybridized carbons (Fsp3) is 0.333. The summed E-state index contributed by atoms with van der Waals surface area (Å²) in [7, 11) is 0. The molecule has 1 aromatic carbocycles. The van der Waals surface area contributed by atoms with Crippen molar-refractivity contribution >= 4 is 11.9 Å². The van der Waals surface area contributed by atoms with E-state index in [2.05, 4.69) is 42.9 Å². The third-order valence-electron chi connectivity index (χ3n) is 3.60. The van der Waals surface area contributed by atoms with Crippen LogP contribution in [0.5, 0.6) is 5.75 Å². The number of aromatic hydroxyl groups is 1. The summed E-state index contributed by atoms with van der Waals surface area (Å²) in [6.45, 7) is 8.01. The lowest BCUT2D eigenvalue weighted by Crippen LogP contribution is -2.10. The molecule has 0 spiro atoms. The molecule has 0 aliphatic carbocycles. The minimum Gasteiger partial charge on any atom is -0.505 e. The van der Waals surface area contributed by atoms with Crippen LogP contribution in [0.1, 0.15) is 43.2 Å². The molecule has 0 unspecified atom stereocenters. The zero-order chi connectivity index (χ0) is 16.3. The van der Waals surface area contributed by atoms with Crippen LogP contribution >= 0.6 is 0 Å². The van der Waals surface area contributed by atoms with Gasteiger partial charge in [0.05, 0.1) is 18.0 Å². The second-order valence-electron chi connectivity index (χ2n) is 6.34. The van der Waals surface area contributed by atoms with E-state index in [9.17, 15) is 10.2 Å². The van der Waals surface area contributed by atoms with Crippen LogP contribution < -0.4 is 0 Å². The highest BCUT2D eigenvalue weighted by Crippen LogP contribution is 2.26. The summed E-state index contributed by atoms with van der Waals surface area (Å²) >= 11 is 0. The first-order valence-corrected chi connectivity index (χ1v) is 7.26. The molecule has 0 amide bonds. The topological polar surface area (TPSA) is 65.7 Å². The number of hydrogen-bond acceptors (Lipinski definition) is 4. The monoisotopic (exact) mass is 298 g/mol. The van der Waals surface area contributed by atoms with Crippen molar-refractivity contribution in [2.24, 2.45) is 4.99 Å². The van der Waals surface area contributed by atoms with Gasteiger partial charge in [-0.2, -0.15) is 0 Å². The third kappa shape index (κ3) is 3.52. The van der Waals surface area contributed by atoms with Crippen LogP contribution in [-0.4, -0.2) is 21.4 Å². The van der Waals surface area contributed by atoms with Gasteiger partial charge in [0.25, 0.3) is 0 Å². The largest absolute Gasteiger partial charge is 0.505 e. The molecule has 0 fully saturated rings. The smallest absolute Gasteiger partial charge is 0.145 e. The van der Waals surface area contributed by atoms with Crippen molar-refractivity contribution in [2.45, 2.75) is 39.7 Å². The van der Waals surface area contributed by atoms with Gasteiger partial charge >= 0.3 is 0 Å². The number of aliphatic hydroxyl groups is 1.